The topological polar surface area (TPSA) is 23.5 Å². The van der Waals surface area contributed by atoms with Crippen molar-refractivity contribution >= 4 is 5.69 Å². The van der Waals surface area contributed by atoms with Crippen LogP contribution in [0.15, 0.2) is 18.2 Å². The maximum atomic E-state index is 13.8. The molecule has 0 aliphatic carbocycles. The third-order valence-electron chi connectivity index (χ3n) is 3.23. The largest absolute Gasteiger partial charge is 0.392 e. The van der Waals surface area contributed by atoms with E-state index in [2.05, 4.69) is 13.8 Å². The Hall–Kier alpha value is -1.09. The monoisotopic (exact) mass is 223 g/mol. The van der Waals surface area contributed by atoms with E-state index < -0.39 is 0 Å². The summed E-state index contributed by atoms with van der Waals surface area (Å²) in [5.41, 5.74) is 1.49. The van der Waals surface area contributed by atoms with Crippen LogP contribution in [0.1, 0.15) is 25.8 Å². The zero-order valence-electron chi connectivity index (χ0n) is 9.83. The van der Waals surface area contributed by atoms with Gasteiger partial charge in [-0.05, 0) is 17.9 Å². The van der Waals surface area contributed by atoms with Crippen LogP contribution < -0.4 is 4.90 Å². The van der Waals surface area contributed by atoms with Crippen molar-refractivity contribution in [3.63, 3.8) is 0 Å². The number of anilines is 1. The molecule has 1 aromatic rings. The number of aliphatic hydroxyl groups excluding tert-OH is 1. The number of halogens is 1. The molecule has 0 atom stereocenters. The Morgan fingerprint density at radius 3 is 2.75 bits per heavy atom. The van der Waals surface area contributed by atoms with Crippen LogP contribution >= 0.6 is 0 Å². The Morgan fingerprint density at radius 1 is 1.44 bits per heavy atom. The summed E-state index contributed by atoms with van der Waals surface area (Å²) in [5, 5.41) is 9.24. The van der Waals surface area contributed by atoms with Gasteiger partial charge in [0.1, 0.15) is 5.82 Å². The lowest BCUT2D eigenvalue weighted by atomic mass is 9.93. The Labute approximate surface area is 95.7 Å². The summed E-state index contributed by atoms with van der Waals surface area (Å²) in [4.78, 5) is 2.04. The maximum Gasteiger partial charge on any atom is 0.146 e. The van der Waals surface area contributed by atoms with Crippen LogP contribution in [0.3, 0.4) is 0 Å². The van der Waals surface area contributed by atoms with Crippen LogP contribution in [0.25, 0.3) is 0 Å². The van der Waals surface area contributed by atoms with Gasteiger partial charge in [0.15, 0.2) is 0 Å². The summed E-state index contributed by atoms with van der Waals surface area (Å²) < 4.78 is 13.8. The van der Waals surface area contributed by atoms with Crippen LogP contribution in [0.4, 0.5) is 10.1 Å². The van der Waals surface area contributed by atoms with E-state index in [0.29, 0.717) is 11.3 Å². The van der Waals surface area contributed by atoms with Crippen LogP contribution in [0.2, 0.25) is 0 Å². The van der Waals surface area contributed by atoms with E-state index in [0.717, 1.165) is 19.5 Å². The van der Waals surface area contributed by atoms with E-state index in [1.54, 1.807) is 12.1 Å². The summed E-state index contributed by atoms with van der Waals surface area (Å²) >= 11 is 0. The number of aliphatic hydroxyl groups is 1. The Balaban J connectivity index is 2.34. The molecule has 0 aromatic heterocycles. The predicted octanol–water partition coefficient (Wildman–Crippen LogP) is 2.55. The van der Waals surface area contributed by atoms with E-state index in [4.69, 9.17) is 0 Å². The van der Waals surface area contributed by atoms with Crippen molar-refractivity contribution in [3.8, 4) is 0 Å². The molecule has 1 fully saturated rings. The molecule has 2 rings (SSSR count). The second-order valence-corrected chi connectivity index (χ2v) is 5.24. The van der Waals surface area contributed by atoms with Gasteiger partial charge in [0.25, 0.3) is 0 Å². The SMILES string of the molecule is CC1(C)CCN(c2c(F)cccc2CO)C1. The Kier molecular flexibility index (Phi) is 2.89. The van der Waals surface area contributed by atoms with E-state index in [1.807, 2.05) is 4.90 Å². The van der Waals surface area contributed by atoms with Gasteiger partial charge in [0.05, 0.1) is 12.3 Å². The van der Waals surface area contributed by atoms with Gasteiger partial charge in [-0.1, -0.05) is 26.0 Å². The molecule has 1 aliphatic heterocycles. The van der Waals surface area contributed by atoms with Gasteiger partial charge in [0, 0.05) is 18.7 Å². The first kappa shape index (κ1) is 11.4. The van der Waals surface area contributed by atoms with Crippen LogP contribution in [0, 0.1) is 11.2 Å². The van der Waals surface area contributed by atoms with Crippen molar-refractivity contribution < 1.29 is 9.50 Å². The molecule has 0 saturated carbocycles. The molecule has 1 aliphatic rings. The standard InChI is InChI=1S/C13H18FNO/c1-13(2)6-7-15(9-13)12-10(8-16)4-3-5-11(12)14/h3-5,16H,6-9H2,1-2H3. The van der Waals surface area contributed by atoms with Crippen LogP contribution in [-0.2, 0) is 6.61 Å². The molecule has 1 heterocycles. The smallest absolute Gasteiger partial charge is 0.146 e. The van der Waals surface area contributed by atoms with Gasteiger partial charge in [-0.2, -0.15) is 0 Å². The third-order valence-corrected chi connectivity index (χ3v) is 3.23. The number of hydrogen-bond acceptors (Lipinski definition) is 2. The number of hydrogen-bond donors (Lipinski definition) is 1. The van der Waals surface area contributed by atoms with Crippen molar-refractivity contribution in [3.05, 3.63) is 29.6 Å². The fourth-order valence-corrected chi connectivity index (χ4v) is 2.35. The van der Waals surface area contributed by atoms with Gasteiger partial charge < -0.3 is 10.0 Å². The number of rotatable bonds is 2. The highest BCUT2D eigenvalue weighted by molar-refractivity contribution is 5.55. The van der Waals surface area contributed by atoms with E-state index in [9.17, 15) is 9.50 Å². The highest BCUT2D eigenvalue weighted by Gasteiger charge is 2.31. The molecule has 1 saturated heterocycles. The fourth-order valence-electron chi connectivity index (χ4n) is 2.35. The van der Waals surface area contributed by atoms with Gasteiger partial charge in [-0.15, -0.1) is 0 Å². The highest BCUT2D eigenvalue weighted by Crippen LogP contribution is 2.35. The minimum Gasteiger partial charge on any atom is -0.392 e. The van der Waals surface area contributed by atoms with Gasteiger partial charge >= 0.3 is 0 Å². The van der Waals surface area contributed by atoms with E-state index in [-0.39, 0.29) is 17.8 Å². The van der Waals surface area contributed by atoms with Gasteiger partial charge in [-0.3, -0.25) is 0 Å². The number of benzene rings is 1. The number of para-hydroxylation sites is 1. The van der Waals surface area contributed by atoms with Crippen molar-refractivity contribution in [1.82, 2.24) is 0 Å². The fraction of sp³-hybridized carbons (Fsp3) is 0.538. The maximum absolute atomic E-state index is 13.8. The zero-order valence-corrected chi connectivity index (χ0v) is 9.83. The molecule has 0 spiro atoms. The average molecular weight is 223 g/mol. The molecule has 3 heteroatoms. The molecule has 0 bridgehead atoms. The average Bonchev–Trinajstić information content (AvgIpc) is 2.58. The molecule has 16 heavy (non-hydrogen) atoms. The second-order valence-electron chi connectivity index (χ2n) is 5.24. The molecule has 1 N–H and O–H groups in total. The highest BCUT2D eigenvalue weighted by atomic mass is 19.1. The van der Waals surface area contributed by atoms with Crippen LogP contribution in [-0.4, -0.2) is 18.2 Å². The summed E-state index contributed by atoms with van der Waals surface area (Å²) in [6.45, 7) is 5.98. The third kappa shape index (κ3) is 2.05. The second kappa shape index (κ2) is 4.06. The minimum absolute atomic E-state index is 0.107. The van der Waals surface area contributed by atoms with Gasteiger partial charge in [-0.25, -0.2) is 4.39 Å². The summed E-state index contributed by atoms with van der Waals surface area (Å²) in [7, 11) is 0. The van der Waals surface area contributed by atoms with E-state index >= 15 is 0 Å². The molecule has 0 unspecified atom stereocenters. The quantitative estimate of drug-likeness (QED) is 0.833. The summed E-state index contributed by atoms with van der Waals surface area (Å²) in [6.07, 6.45) is 1.06. The lowest BCUT2D eigenvalue weighted by molar-refractivity contribution is 0.281. The Bertz CT molecular complexity index is 390. The van der Waals surface area contributed by atoms with Crippen molar-refractivity contribution in [2.24, 2.45) is 5.41 Å². The van der Waals surface area contributed by atoms with Crippen LogP contribution in [0.5, 0.6) is 0 Å². The lowest BCUT2D eigenvalue weighted by Gasteiger charge is -2.24. The first-order chi connectivity index (χ1) is 7.53. The molecule has 0 radical (unpaired) electrons. The van der Waals surface area contributed by atoms with Crippen molar-refractivity contribution in [2.75, 3.05) is 18.0 Å². The summed E-state index contributed by atoms with van der Waals surface area (Å²) in [5.74, 6) is -0.232. The Morgan fingerprint density at radius 2 is 2.19 bits per heavy atom. The predicted molar refractivity (Wildman–Crippen MR) is 62.9 cm³/mol. The molecule has 0 amide bonds. The van der Waals surface area contributed by atoms with Gasteiger partial charge in [0.2, 0.25) is 0 Å². The lowest BCUT2D eigenvalue weighted by Crippen LogP contribution is -2.24. The van der Waals surface area contributed by atoms with E-state index in [1.165, 1.54) is 6.07 Å². The molecular weight excluding hydrogens is 205 g/mol. The number of nitrogens with zero attached hydrogens (tertiary/aromatic N) is 1. The normalized spacial score (nSPS) is 19.1. The first-order valence-corrected chi connectivity index (χ1v) is 5.67. The molecule has 2 nitrogen and oxygen atoms in total. The minimum atomic E-state index is -0.232. The molecule has 1 aromatic carbocycles. The molecular formula is C13H18FNO. The molecule has 88 valence electrons. The first-order valence-electron chi connectivity index (χ1n) is 5.67. The zero-order chi connectivity index (χ0) is 11.8. The summed E-state index contributed by atoms with van der Waals surface area (Å²) in [6, 6.07) is 4.88. The van der Waals surface area contributed by atoms with Crippen molar-refractivity contribution in [2.45, 2.75) is 26.9 Å². The van der Waals surface area contributed by atoms with Crippen molar-refractivity contribution in [1.29, 1.82) is 0 Å².